The number of carbonyl (C=O) groups excluding carboxylic acids is 2. The number of anilines is 1. The van der Waals surface area contributed by atoms with Crippen molar-refractivity contribution < 1.29 is 14.3 Å². The van der Waals surface area contributed by atoms with Crippen molar-refractivity contribution in [3.05, 3.63) is 94.4 Å². The van der Waals surface area contributed by atoms with Gasteiger partial charge in [0.1, 0.15) is 11.8 Å². The number of ether oxygens (including phenoxy) is 1. The molecule has 186 valence electrons. The highest BCUT2D eigenvalue weighted by Gasteiger charge is 2.37. The number of pyridine rings is 1. The third-order valence-electron chi connectivity index (χ3n) is 7.02. The Balaban J connectivity index is 1.31. The fourth-order valence-corrected chi connectivity index (χ4v) is 5.27. The number of aromatic nitrogens is 1. The minimum absolute atomic E-state index is 0.0122. The lowest BCUT2D eigenvalue weighted by molar-refractivity contribution is -0.118. The molecule has 2 aliphatic heterocycles. The zero-order valence-corrected chi connectivity index (χ0v) is 20.2. The maximum absolute atomic E-state index is 13.4. The Labute approximate surface area is 209 Å². The highest BCUT2D eigenvalue weighted by Crippen LogP contribution is 2.35. The Morgan fingerprint density at radius 2 is 1.75 bits per heavy atom. The summed E-state index contributed by atoms with van der Waals surface area (Å²) in [4.78, 5) is 40.8. The summed E-state index contributed by atoms with van der Waals surface area (Å²) in [5, 5.41) is 5.90. The van der Waals surface area contributed by atoms with Crippen LogP contribution in [0.4, 0.5) is 10.5 Å². The van der Waals surface area contributed by atoms with Crippen molar-refractivity contribution in [3.8, 4) is 5.75 Å². The number of hydrogen-bond acceptors (Lipinski definition) is 4. The summed E-state index contributed by atoms with van der Waals surface area (Å²) in [7, 11) is 1.59. The van der Waals surface area contributed by atoms with Crippen molar-refractivity contribution >= 4 is 17.6 Å². The summed E-state index contributed by atoms with van der Waals surface area (Å²) < 4.78 is 7.03. The second-order valence-electron chi connectivity index (χ2n) is 9.51. The minimum Gasteiger partial charge on any atom is -0.497 e. The molecule has 1 fully saturated rings. The van der Waals surface area contributed by atoms with E-state index in [9.17, 15) is 14.4 Å². The van der Waals surface area contributed by atoms with Gasteiger partial charge in [-0.2, -0.15) is 0 Å². The van der Waals surface area contributed by atoms with Crippen molar-refractivity contribution in [1.82, 2.24) is 14.8 Å². The fourth-order valence-electron chi connectivity index (χ4n) is 5.27. The molecule has 3 heterocycles. The van der Waals surface area contributed by atoms with Crippen LogP contribution in [-0.4, -0.2) is 47.6 Å². The molecule has 2 bridgehead atoms. The Bertz CT molecular complexity index is 1290. The number of carbonyl (C=O) groups is 2. The van der Waals surface area contributed by atoms with Crippen molar-refractivity contribution in [2.45, 2.75) is 31.3 Å². The predicted molar refractivity (Wildman–Crippen MR) is 137 cm³/mol. The number of nitrogens with zero attached hydrogens (tertiary/aromatic N) is 2. The number of hydrogen-bond donors (Lipinski definition) is 2. The molecule has 2 aromatic carbocycles. The molecule has 5 rings (SSSR count). The molecule has 1 saturated heterocycles. The third kappa shape index (κ3) is 5.12. The first kappa shape index (κ1) is 23.7. The van der Waals surface area contributed by atoms with Crippen LogP contribution in [0.1, 0.15) is 23.6 Å². The van der Waals surface area contributed by atoms with Crippen LogP contribution in [0.25, 0.3) is 0 Å². The van der Waals surface area contributed by atoms with Gasteiger partial charge in [-0.25, -0.2) is 4.79 Å². The van der Waals surface area contributed by atoms with Crippen LogP contribution < -0.4 is 20.9 Å². The molecule has 3 amide bonds. The van der Waals surface area contributed by atoms with Gasteiger partial charge in [-0.05, 0) is 48.2 Å². The average Bonchev–Trinajstić information content (AvgIpc) is 2.90. The molecule has 0 aliphatic carbocycles. The van der Waals surface area contributed by atoms with Gasteiger partial charge in [0.05, 0.1) is 7.11 Å². The lowest BCUT2D eigenvalue weighted by Gasteiger charge is -2.43. The molecule has 1 aromatic heterocycles. The number of nitrogens with one attached hydrogen (secondary N) is 2. The van der Waals surface area contributed by atoms with Gasteiger partial charge in [-0.15, -0.1) is 0 Å². The SMILES string of the molecule is COc1ccc(NC(=O)[C@H](Cc2ccccc2)NC(=O)N2C[C@@H]3C[C@H](C2)c2cccc(=O)n2C3)cc1. The van der Waals surface area contributed by atoms with Crippen LogP contribution in [0.3, 0.4) is 0 Å². The van der Waals surface area contributed by atoms with Gasteiger partial charge in [0.2, 0.25) is 5.91 Å². The van der Waals surface area contributed by atoms with Gasteiger partial charge in [-0.3, -0.25) is 9.59 Å². The topological polar surface area (TPSA) is 92.7 Å². The smallest absolute Gasteiger partial charge is 0.318 e. The Kier molecular flexibility index (Phi) is 6.75. The van der Waals surface area contributed by atoms with E-state index in [-0.39, 0.29) is 29.3 Å². The number of benzene rings is 2. The molecule has 3 atom stereocenters. The maximum Gasteiger partial charge on any atom is 0.318 e. The molecule has 0 spiro atoms. The summed E-state index contributed by atoms with van der Waals surface area (Å²) in [5.74, 6) is 0.730. The van der Waals surface area contributed by atoms with Crippen LogP contribution in [0.15, 0.2) is 77.6 Å². The number of urea groups is 1. The van der Waals surface area contributed by atoms with E-state index in [0.717, 1.165) is 17.7 Å². The third-order valence-corrected chi connectivity index (χ3v) is 7.02. The number of amides is 3. The van der Waals surface area contributed by atoms with E-state index in [0.29, 0.717) is 37.5 Å². The zero-order valence-electron chi connectivity index (χ0n) is 20.2. The fraction of sp³-hybridized carbons (Fsp3) is 0.321. The summed E-state index contributed by atoms with van der Waals surface area (Å²) in [6, 6.07) is 21.1. The molecule has 2 N–H and O–H groups in total. The second kappa shape index (κ2) is 10.3. The molecular formula is C28H30N4O4. The molecular weight excluding hydrogens is 456 g/mol. The highest BCUT2D eigenvalue weighted by molar-refractivity contribution is 5.97. The van der Waals surface area contributed by atoms with Crippen LogP contribution in [0.2, 0.25) is 0 Å². The quantitative estimate of drug-likeness (QED) is 0.560. The molecule has 2 aliphatic rings. The Morgan fingerprint density at radius 1 is 0.972 bits per heavy atom. The van der Waals surface area contributed by atoms with Gasteiger partial charge in [0.25, 0.3) is 5.56 Å². The first-order chi connectivity index (χ1) is 17.5. The largest absolute Gasteiger partial charge is 0.497 e. The van der Waals surface area contributed by atoms with Gasteiger partial charge in [0, 0.05) is 49.4 Å². The summed E-state index contributed by atoms with van der Waals surface area (Å²) in [6.07, 6.45) is 1.33. The van der Waals surface area contributed by atoms with Gasteiger partial charge >= 0.3 is 6.03 Å². The lowest BCUT2D eigenvalue weighted by Crippen LogP contribution is -2.55. The Morgan fingerprint density at radius 3 is 2.50 bits per heavy atom. The van der Waals surface area contributed by atoms with E-state index >= 15 is 0 Å². The summed E-state index contributed by atoms with van der Waals surface area (Å²) >= 11 is 0. The molecule has 3 aromatic rings. The van der Waals surface area contributed by atoms with Gasteiger partial charge in [-0.1, -0.05) is 36.4 Å². The average molecular weight is 487 g/mol. The van der Waals surface area contributed by atoms with Crippen molar-refractivity contribution in [3.63, 3.8) is 0 Å². The predicted octanol–water partition coefficient (Wildman–Crippen LogP) is 3.24. The first-order valence-electron chi connectivity index (χ1n) is 12.2. The monoisotopic (exact) mass is 486 g/mol. The normalized spacial score (nSPS) is 19.1. The molecule has 0 unspecified atom stereocenters. The molecule has 8 nitrogen and oxygen atoms in total. The van der Waals surface area contributed by atoms with Crippen LogP contribution >= 0.6 is 0 Å². The summed E-state index contributed by atoms with van der Waals surface area (Å²) in [5.41, 5.74) is 2.58. The molecule has 0 saturated carbocycles. The van der Waals surface area contributed by atoms with Crippen molar-refractivity contribution in [2.75, 3.05) is 25.5 Å². The first-order valence-corrected chi connectivity index (χ1v) is 12.2. The van der Waals surface area contributed by atoms with E-state index in [4.69, 9.17) is 4.74 Å². The van der Waals surface area contributed by atoms with E-state index < -0.39 is 6.04 Å². The number of rotatable bonds is 6. The van der Waals surface area contributed by atoms with Gasteiger partial charge in [0.15, 0.2) is 0 Å². The molecule has 8 heteroatoms. The van der Waals surface area contributed by atoms with Gasteiger partial charge < -0.3 is 24.8 Å². The van der Waals surface area contributed by atoms with Crippen LogP contribution in [0.5, 0.6) is 5.75 Å². The van der Waals surface area contributed by atoms with E-state index in [2.05, 4.69) is 10.6 Å². The molecule has 0 radical (unpaired) electrons. The van der Waals surface area contributed by atoms with E-state index in [1.54, 1.807) is 48.4 Å². The van der Waals surface area contributed by atoms with Crippen LogP contribution in [0, 0.1) is 5.92 Å². The number of methoxy groups -OCH3 is 1. The zero-order chi connectivity index (χ0) is 25.1. The van der Waals surface area contributed by atoms with E-state index in [1.807, 2.05) is 41.0 Å². The molecule has 36 heavy (non-hydrogen) atoms. The minimum atomic E-state index is -0.751. The van der Waals surface area contributed by atoms with Crippen molar-refractivity contribution in [1.29, 1.82) is 0 Å². The number of piperidine rings is 1. The number of likely N-dealkylation sites (tertiary alicyclic amines) is 1. The second-order valence-corrected chi connectivity index (χ2v) is 9.51. The van der Waals surface area contributed by atoms with Crippen molar-refractivity contribution in [2.24, 2.45) is 5.92 Å². The van der Waals surface area contributed by atoms with E-state index in [1.165, 1.54) is 0 Å². The maximum atomic E-state index is 13.4. The summed E-state index contributed by atoms with van der Waals surface area (Å²) in [6.45, 7) is 1.69. The standard InChI is InChI=1S/C28H30N4O4/c1-36-23-12-10-22(11-13-23)29-27(34)24(15-19-6-3-2-4-7-19)30-28(35)31-16-20-14-21(18-31)25-8-5-9-26(33)32(25)17-20/h2-13,20-21,24H,14-18H2,1H3,(H,29,34)(H,30,35)/t20-,21+,24-/m0/s1. The lowest BCUT2D eigenvalue weighted by atomic mass is 9.83. The highest BCUT2D eigenvalue weighted by atomic mass is 16.5. The Hall–Kier alpha value is -4.07. The van der Waals surface area contributed by atoms with Crippen LogP contribution in [-0.2, 0) is 17.8 Å². The number of fused-ring (bicyclic) bond motifs is 4.